The fraction of sp³-hybridized carbons (Fsp3) is 0.545. The molecule has 2 unspecified atom stereocenters. The molecule has 1 aromatic rings. The minimum absolute atomic E-state index is 0.244. The summed E-state index contributed by atoms with van der Waals surface area (Å²) in [6, 6.07) is 2.35. The Morgan fingerprint density at radius 1 is 1.50 bits per heavy atom. The van der Waals surface area contributed by atoms with Crippen LogP contribution in [0, 0.1) is 0 Å². The molecule has 16 heavy (non-hydrogen) atoms. The molecule has 0 spiro atoms. The molecule has 0 saturated carbocycles. The van der Waals surface area contributed by atoms with Gasteiger partial charge in [0.25, 0.3) is 0 Å². The minimum atomic E-state index is 0.244. The van der Waals surface area contributed by atoms with Crippen LogP contribution in [0.25, 0.3) is 0 Å². The maximum absolute atomic E-state index is 6.25. The van der Waals surface area contributed by atoms with Gasteiger partial charge in [0, 0.05) is 45.4 Å². The minimum Gasteiger partial charge on any atom is -0.326 e. The lowest BCUT2D eigenvalue weighted by atomic mass is 10.1. The lowest BCUT2D eigenvalue weighted by Gasteiger charge is -2.26. The molecule has 0 aliphatic carbocycles. The molecule has 0 amide bonds. The first-order chi connectivity index (χ1) is 7.75. The molecule has 2 N–H and O–H groups in total. The van der Waals surface area contributed by atoms with E-state index in [2.05, 4.69) is 27.0 Å². The Bertz CT molecular complexity index is 343. The van der Waals surface area contributed by atoms with Gasteiger partial charge in [0.2, 0.25) is 0 Å². The Morgan fingerprint density at radius 3 is 3.06 bits per heavy atom. The zero-order chi connectivity index (χ0) is 11.4. The molecular weight excluding hydrogens is 304 g/mol. The molecule has 0 aromatic carbocycles. The van der Waals surface area contributed by atoms with Crippen molar-refractivity contribution in [3.8, 4) is 0 Å². The summed E-state index contributed by atoms with van der Waals surface area (Å²) in [5.41, 5.74) is 7.47. The monoisotopic (exact) mass is 318 g/mol. The van der Waals surface area contributed by atoms with Crippen molar-refractivity contribution in [3.63, 3.8) is 0 Å². The molecule has 2 nitrogen and oxygen atoms in total. The highest BCUT2D eigenvalue weighted by Crippen LogP contribution is 2.27. The highest BCUT2D eigenvalue weighted by Gasteiger charge is 2.21. The first-order valence-corrected chi connectivity index (χ1v) is 8.29. The van der Waals surface area contributed by atoms with Crippen molar-refractivity contribution in [2.75, 3.05) is 17.3 Å². The normalized spacial score (nSPS) is 23.0. The molecule has 0 radical (unpaired) electrons. The van der Waals surface area contributed by atoms with Gasteiger partial charge in [-0.3, -0.25) is 4.98 Å². The van der Waals surface area contributed by atoms with Crippen LogP contribution in [0.15, 0.2) is 22.9 Å². The number of rotatable bonds is 3. The van der Waals surface area contributed by atoms with Crippen molar-refractivity contribution in [3.05, 3.63) is 28.5 Å². The summed E-state index contributed by atoms with van der Waals surface area (Å²) in [5, 5.41) is 0.595. The lowest BCUT2D eigenvalue weighted by Crippen LogP contribution is -2.38. The largest absolute Gasteiger partial charge is 0.326 e. The third kappa shape index (κ3) is 3.65. The number of halogens is 1. The van der Waals surface area contributed by atoms with Gasteiger partial charge in [0.05, 0.1) is 0 Å². The first-order valence-electron chi connectivity index (χ1n) is 5.30. The lowest BCUT2D eigenvalue weighted by molar-refractivity contribution is 0.662. The smallest absolute Gasteiger partial charge is 0.0410 e. The maximum Gasteiger partial charge on any atom is 0.0410 e. The molecule has 2 heterocycles. The van der Waals surface area contributed by atoms with Crippen LogP contribution in [0.4, 0.5) is 0 Å². The van der Waals surface area contributed by atoms with Crippen molar-refractivity contribution in [2.24, 2.45) is 5.73 Å². The molecule has 1 aliphatic heterocycles. The van der Waals surface area contributed by atoms with Crippen LogP contribution in [0.3, 0.4) is 0 Å². The molecule has 88 valence electrons. The zero-order valence-electron chi connectivity index (χ0n) is 8.93. The van der Waals surface area contributed by atoms with Gasteiger partial charge in [-0.25, -0.2) is 0 Å². The standard InChI is InChI=1S/C11H15BrN2S2/c12-9-3-8(5-14-6-9)4-10(13)11-7-15-1-2-16-11/h3,5-6,10-11H,1-2,4,7,13H2. The number of hydrogen-bond acceptors (Lipinski definition) is 4. The molecule has 2 atom stereocenters. The van der Waals surface area contributed by atoms with E-state index in [1.807, 2.05) is 29.7 Å². The van der Waals surface area contributed by atoms with Gasteiger partial charge in [0.1, 0.15) is 0 Å². The zero-order valence-corrected chi connectivity index (χ0v) is 12.2. The number of nitrogens with zero attached hydrogens (tertiary/aromatic N) is 1. The predicted octanol–water partition coefficient (Wildman–Crippen LogP) is 2.56. The van der Waals surface area contributed by atoms with Gasteiger partial charge in [-0.1, -0.05) is 0 Å². The molecule has 5 heteroatoms. The predicted molar refractivity (Wildman–Crippen MR) is 77.2 cm³/mol. The molecule has 2 rings (SSSR count). The Kier molecular flexibility index (Phi) is 5.00. The Morgan fingerprint density at radius 2 is 2.38 bits per heavy atom. The van der Waals surface area contributed by atoms with Gasteiger partial charge in [-0.15, -0.1) is 0 Å². The molecule has 1 aromatic heterocycles. The van der Waals surface area contributed by atoms with Crippen LogP contribution < -0.4 is 5.73 Å². The summed E-state index contributed by atoms with van der Waals surface area (Å²) >= 11 is 7.47. The topological polar surface area (TPSA) is 38.9 Å². The second kappa shape index (κ2) is 6.28. The van der Waals surface area contributed by atoms with E-state index in [0.717, 1.165) is 10.9 Å². The third-order valence-electron chi connectivity index (χ3n) is 2.55. The Hall–Kier alpha value is 0.290. The summed E-state index contributed by atoms with van der Waals surface area (Å²) in [6.07, 6.45) is 4.64. The third-order valence-corrected chi connectivity index (χ3v) is 5.93. The van der Waals surface area contributed by atoms with Crippen LogP contribution >= 0.6 is 39.5 Å². The summed E-state index contributed by atoms with van der Waals surface area (Å²) in [7, 11) is 0. The molecular formula is C11H15BrN2S2. The van der Waals surface area contributed by atoms with E-state index in [-0.39, 0.29) is 6.04 Å². The van der Waals surface area contributed by atoms with E-state index in [1.54, 1.807) is 6.20 Å². The number of thioether (sulfide) groups is 2. The molecule has 1 saturated heterocycles. The average molecular weight is 319 g/mol. The van der Waals surface area contributed by atoms with E-state index >= 15 is 0 Å². The van der Waals surface area contributed by atoms with E-state index in [4.69, 9.17) is 5.73 Å². The second-order valence-electron chi connectivity index (χ2n) is 3.86. The van der Waals surface area contributed by atoms with Crippen LogP contribution in [0.1, 0.15) is 5.56 Å². The summed E-state index contributed by atoms with van der Waals surface area (Å²) < 4.78 is 1.03. The highest BCUT2D eigenvalue weighted by atomic mass is 79.9. The number of nitrogens with two attached hydrogens (primary N) is 1. The average Bonchev–Trinajstić information content (AvgIpc) is 2.30. The van der Waals surface area contributed by atoms with E-state index in [0.29, 0.717) is 5.25 Å². The number of aromatic nitrogens is 1. The number of pyridine rings is 1. The summed E-state index contributed by atoms with van der Waals surface area (Å²) in [6.45, 7) is 0. The van der Waals surface area contributed by atoms with Crippen molar-refractivity contribution in [2.45, 2.75) is 17.7 Å². The quantitative estimate of drug-likeness (QED) is 0.929. The van der Waals surface area contributed by atoms with Crippen molar-refractivity contribution in [1.29, 1.82) is 0 Å². The van der Waals surface area contributed by atoms with Gasteiger partial charge in [-0.2, -0.15) is 23.5 Å². The fourth-order valence-corrected chi connectivity index (χ4v) is 4.96. The highest BCUT2D eigenvalue weighted by molar-refractivity contribution is 9.10. The maximum atomic E-state index is 6.25. The first kappa shape index (κ1) is 12.7. The van der Waals surface area contributed by atoms with Crippen molar-refractivity contribution < 1.29 is 0 Å². The van der Waals surface area contributed by atoms with Crippen molar-refractivity contribution in [1.82, 2.24) is 4.98 Å². The van der Waals surface area contributed by atoms with Crippen molar-refractivity contribution >= 4 is 39.5 Å². The fourth-order valence-electron chi connectivity index (χ4n) is 1.72. The molecule has 1 aliphatic rings. The van der Waals surface area contributed by atoms with Gasteiger partial charge < -0.3 is 5.73 Å². The Balaban J connectivity index is 1.93. The van der Waals surface area contributed by atoms with Gasteiger partial charge >= 0.3 is 0 Å². The van der Waals surface area contributed by atoms with E-state index < -0.39 is 0 Å². The van der Waals surface area contributed by atoms with Crippen LogP contribution in [0.5, 0.6) is 0 Å². The van der Waals surface area contributed by atoms with Crippen LogP contribution in [0.2, 0.25) is 0 Å². The SMILES string of the molecule is NC(Cc1cncc(Br)c1)C1CSCCS1. The molecule has 0 bridgehead atoms. The van der Waals surface area contributed by atoms with Gasteiger partial charge in [-0.05, 0) is 34.0 Å². The summed E-state index contributed by atoms with van der Waals surface area (Å²) in [4.78, 5) is 4.17. The van der Waals surface area contributed by atoms with Crippen LogP contribution in [-0.2, 0) is 6.42 Å². The second-order valence-corrected chi connectivity index (χ2v) is 7.28. The van der Waals surface area contributed by atoms with E-state index in [1.165, 1.54) is 22.8 Å². The summed E-state index contributed by atoms with van der Waals surface area (Å²) in [5.74, 6) is 3.69. The number of hydrogen-bond donors (Lipinski definition) is 1. The van der Waals surface area contributed by atoms with E-state index in [9.17, 15) is 0 Å². The Labute approximate surface area is 113 Å². The van der Waals surface area contributed by atoms with Gasteiger partial charge in [0.15, 0.2) is 0 Å². The van der Waals surface area contributed by atoms with Crippen LogP contribution in [-0.4, -0.2) is 33.5 Å². The molecule has 1 fully saturated rings.